The third kappa shape index (κ3) is 4.82. The number of anilines is 2. The van der Waals surface area contributed by atoms with Crippen LogP contribution in [0.3, 0.4) is 0 Å². The number of amides is 3. The van der Waals surface area contributed by atoms with E-state index in [1.165, 1.54) is 0 Å². The van der Waals surface area contributed by atoms with E-state index in [1.54, 1.807) is 4.90 Å². The zero-order valence-electron chi connectivity index (χ0n) is 13.7. The molecule has 3 rings (SSSR count). The van der Waals surface area contributed by atoms with Crippen molar-refractivity contribution >= 4 is 39.2 Å². The number of para-hydroxylation sites is 1. The van der Waals surface area contributed by atoms with E-state index in [4.69, 9.17) is 0 Å². The van der Waals surface area contributed by atoms with Crippen molar-refractivity contribution in [2.24, 2.45) is 5.92 Å². The maximum absolute atomic E-state index is 12.4. The van der Waals surface area contributed by atoms with Gasteiger partial charge in [0.2, 0.25) is 5.91 Å². The highest BCUT2D eigenvalue weighted by atomic mass is 79.9. The van der Waals surface area contributed by atoms with E-state index >= 15 is 0 Å². The third-order valence-corrected chi connectivity index (χ3v) is 4.82. The lowest BCUT2D eigenvalue weighted by Gasteiger charge is -2.31. The molecule has 1 heterocycles. The lowest BCUT2D eigenvalue weighted by Crippen LogP contribution is -2.43. The lowest BCUT2D eigenvalue weighted by atomic mass is 9.96. The molecule has 1 aliphatic heterocycles. The molecule has 130 valence electrons. The van der Waals surface area contributed by atoms with Gasteiger partial charge in [-0.05, 0) is 49.2 Å². The van der Waals surface area contributed by atoms with Gasteiger partial charge in [0.15, 0.2) is 0 Å². The molecule has 0 bridgehead atoms. The number of carbonyl (C=O) groups excluding carboxylic acids is 2. The van der Waals surface area contributed by atoms with Gasteiger partial charge in [-0.1, -0.05) is 34.1 Å². The number of benzene rings is 2. The first-order valence-electron chi connectivity index (χ1n) is 8.29. The number of nitrogens with one attached hydrogen (secondary N) is 2. The van der Waals surface area contributed by atoms with Crippen molar-refractivity contribution in [2.75, 3.05) is 23.7 Å². The summed E-state index contributed by atoms with van der Waals surface area (Å²) in [5.41, 5.74) is 1.57. The van der Waals surface area contributed by atoms with Gasteiger partial charge in [-0.2, -0.15) is 0 Å². The van der Waals surface area contributed by atoms with Gasteiger partial charge in [0.25, 0.3) is 0 Å². The van der Waals surface area contributed by atoms with Crippen molar-refractivity contribution in [3.05, 3.63) is 59.1 Å². The Balaban J connectivity index is 1.48. The number of hydrogen-bond acceptors (Lipinski definition) is 2. The van der Waals surface area contributed by atoms with Crippen LogP contribution >= 0.6 is 15.9 Å². The molecule has 1 fully saturated rings. The summed E-state index contributed by atoms with van der Waals surface area (Å²) in [6.07, 6.45) is 1.34. The smallest absolute Gasteiger partial charge is 0.321 e. The molecule has 3 amide bonds. The maximum Gasteiger partial charge on any atom is 0.321 e. The number of carbonyl (C=O) groups is 2. The number of nitrogens with zero attached hydrogens (tertiary/aromatic N) is 1. The Bertz CT molecular complexity index is 726. The SMILES string of the molecule is O=C(Nc1ccc(Br)cc1)C1CCN(C(=O)Nc2ccccc2)CC1. The Morgan fingerprint density at radius 2 is 1.48 bits per heavy atom. The highest BCUT2D eigenvalue weighted by Gasteiger charge is 2.27. The highest BCUT2D eigenvalue weighted by molar-refractivity contribution is 9.10. The van der Waals surface area contributed by atoms with Crippen molar-refractivity contribution in [1.82, 2.24) is 4.90 Å². The molecule has 0 spiro atoms. The van der Waals surface area contributed by atoms with E-state index in [1.807, 2.05) is 54.6 Å². The molecule has 6 heteroatoms. The second kappa shape index (κ2) is 8.16. The van der Waals surface area contributed by atoms with Gasteiger partial charge in [-0.15, -0.1) is 0 Å². The third-order valence-electron chi connectivity index (χ3n) is 4.29. The van der Waals surface area contributed by atoms with Gasteiger partial charge >= 0.3 is 6.03 Å². The van der Waals surface area contributed by atoms with Crippen molar-refractivity contribution in [2.45, 2.75) is 12.8 Å². The highest BCUT2D eigenvalue weighted by Crippen LogP contribution is 2.21. The van der Waals surface area contributed by atoms with Gasteiger partial charge in [-0.3, -0.25) is 4.79 Å². The van der Waals surface area contributed by atoms with E-state index in [0.717, 1.165) is 15.8 Å². The molecule has 0 atom stereocenters. The molecule has 2 aromatic carbocycles. The molecule has 0 radical (unpaired) electrons. The molecule has 2 aromatic rings. The summed E-state index contributed by atoms with van der Waals surface area (Å²) in [6, 6.07) is 16.8. The predicted octanol–water partition coefficient (Wildman–Crippen LogP) is 4.33. The fourth-order valence-electron chi connectivity index (χ4n) is 2.85. The van der Waals surface area contributed by atoms with Crippen LogP contribution in [0.2, 0.25) is 0 Å². The minimum absolute atomic E-state index is 0.0189. The summed E-state index contributed by atoms with van der Waals surface area (Å²) in [5.74, 6) is -0.0464. The molecule has 0 aliphatic carbocycles. The average molecular weight is 402 g/mol. The van der Waals surface area contributed by atoms with Crippen LogP contribution in [0.1, 0.15) is 12.8 Å². The summed E-state index contributed by atoms with van der Waals surface area (Å²) in [4.78, 5) is 26.4. The van der Waals surface area contributed by atoms with E-state index in [9.17, 15) is 9.59 Å². The zero-order valence-corrected chi connectivity index (χ0v) is 15.3. The molecule has 5 nitrogen and oxygen atoms in total. The van der Waals surface area contributed by atoms with Crippen LogP contribution in [-0.4, -0.2) is 29.9 Å². The molecule has 0 unspecified atom stereocenters. The topological polar surface area (TPSA) is 61.4 Å². The van der Waals surface area contributed by atoms with Gasteiger partial charge in [0, 0.05) is 34.9 Å². The number of likely N-dealkylation sites (tertiary alicyclic amines) is 1. The van der Waals surface area contributed by atoms with E-state index in [2.05, 4.69) is 26.6 Å². The summed E-state index contributed by atoms with van der Waals surface area (Å²) in [6.45, 7) is 1.16. The quantitative estimate of drug-likeness (QED) is 0.803. The Morgan fingerprint density at radius 1 is 0.880 bits per heavy atom. The monoisotopic (exact) mass is 401 g/mol. The summed E-state index contributed by atoms with van der Waals surface area (Å²) < 4.78 is 0.975. The van der Waals surface area contributed by atoms with Crippen LogP contribution in [-0.2, 0) is 4.79 Å². The molecular formula is C19H20BrN3O2. The van der Waals surface area contributed by atoms with Crippen LogP contribution in [0, 0.1) is 5.92 Å². The maximum atomic E-state index is 12.4. The van der Waals surface area contributed by atoms with Crippen molar-refractivity contribution in [1.29, 1.82) is 0 Å². The molecule has 25 heavy (non-hydrogen) atoms. The van der Waals surface area contributed by atoms with Crippen molar-refractivity contribution < 1.29 is 9.59 Å². The van der Waals surface area contributed by atoms with Crippen LogP contribution in [0.15, 0.2) is 59.1 Å². The first kappa shape index (κ1) is 17.5. The summed E-state index contributed by atoms with van der Waals surface area (Å²) >= 11 is 3.38. The number of piperidine rings is 1. The molecular weight excluding hydrogens is 382 g/mol. The summed E-state index contributed by atoms with van der Waals surface area (Å²) in [5, 5.41) is 5.83. The minimum Gasteiger partial charge on any atom is -0.326 e. The van der Waals surface area contributed by atoms with E-state index < -0.39 is 0 Å². The van der Waals surface area contributed by atoms with Crippen molar-refractivity contribution in [3.63, 3.8) is 0 Å². The Morgan fingerprint density at radius 3 is 2.12 bits per heavy atom. The molecule has 0 saturated carbocycles. The molecule has 1 aliphatic rings. The number of hydrogen-bond donors (Lipinski definition) is 2. The fourth-order valence-corrected chi connectivity index (χ4v) is 3.11. The number of rotatable bonds is 3. The number of urea groups is 1. The second-order valence-corrected chi connectivity index (χ2v) is 6.97. The normalized spacial score (nSPS) is 14.8. The first-order chi connectivity index (χ1) is 12.1. The van der Waals surface area contributed by atoms with Crippen LogP contribution in [0.5, 0.6) is 0 Å². The minimum atomic E-state index is -0.113. The first-order valence-corrected chi connectivity index (χ1v) is 9.08. The van der Waals surface area contributed by atoms with Gasteiger partial charge in [-0.25, -0.2) is 4.79 Å². The average Bonchev–Trinajstić information content (AvgIpc) is 2.64. The predicted molar refractivity (Wildman–Crippen MR) is 103 cm³/mol. The molecule has 2 N–H and O–H groups in total. The fraction of sp³-hybridized carbons (Fsp3) is 0.263. The van der Waals surface area contributed by atoms with Gasteiger partial charge in [0.1, 0.15) is 0 Å². The van der Waals surface area contributed by atoms with Crippen LogP contribution in [0.4, 0.5) is 16.2 Å². The van der Waals surface area contributed by atoms with Gasteiger partial charge < -0.3 is 15.5 Å². The van der Waals surface area contributed by atoms with Crippen LogP contribution < -0.4 is 10.6 Å². The molecule has 0 aromatic heterocycles. The standard InChI is InChI=1S/C19H20BrN3O2/c20-15-6-8-17(9-7-15)21-18(24)14-10-12-23(13-11-14)19(25)22-16-4-2-1-3-5-16/h1-9,14H,10-13H2,(H,21,24)(H,22,25). The Hall–Kier alpha value is -2.34. The van der Waals surface area contributed by atoms with Crippen molar-refractivity contribution in [3.8, 4) is 0 Å². The Kier molecular flexibility index (Phi) is 5.71. The van der Waals surface area contributed by atoms with E-state index in [0.29, 0.717) is 25.9 Å². The second-order valence-electron chi connectivity index (χ2n) is 6.05. The van der Waals surface area contributed by atoms with Gasteiger partial charge in [0.05, 0.1) is 0 Å². The number of halogens is 1. The lowest BCUT2D eigenvalue weighted by molar-refractivity contribution is -0.121. The van der Waals surface area contributed by atoms with Crippen LogP contribution in [0.25, 0.3) is 0 Å². The Labute approximate surface area is 155 Å². The largest absolute Gasteiger partial charge is 0.326 e. The van der Waals surface area contributed by atoms with E-state index in [-0.39, 0.29) is 17.9 Å². The summed E-state index contributed by atoms with van der Waals surface area (Å²) in [7, 11) is 0. The molecule has 1 saturated heterocycles. The zero-order chi connectivity index (χ0) is 17.6.